The summed E-state index contributed by atoms with van der Waals surface area (Å²) in [6.07, 6.45) is 6.98. The highest BCUT2D eigenvalue weighted by Gasteiger charge is 2.18. The lowest BCUT2D eigenvalue weighted by Crippen LogP contribution is -2.36. The van der Waals surface area contributed by atoms with Crippen LogP contribution in [0.3, 0.4) is 0 Å². The predicted molar refractivity (Wildman–Crippen MR) is 96.8 cm³/mol. The molecule has 1 fully saturated rings. The summed E-state index contributed by atoms with van der Waals surface area (Å²) in [6.45, 7) is 0. The van der Waals surface area contributed by atoms with Gasteiger partial charge in [0.2, 0.25) is 0 Å². The maximum atomic E-state index is 12.4. The van der Waals surface area contributed by atoms with Crippen molar-refractivity contribution in [2.75, 3.05) is 0 Å². The summed E-state index contributed by atoms with van der Waals surface area (Å²) in [7, 11) is 3.43. The Kier molecular flexibility index (Phi) is 4.75. The molecular formula is C19H22N4O2. The zero-order valence-corrected chi connectivity index (χ0v) is 14.6. The molecule has 2 aromatic rings. The second kappa shape index (κ2) is 6.98. The lowest BCUT2D eigenvalue weighted by Gasteiger charge is -2.22. The lowest BCUT2D eigenvalue weighted by atomic mass is 9.95. The van der Waals surface area contributed by atoms with Crippen LogP contribution < -0.4 is 11.0 Å². The molecule has 0 radical (unpaired) electrons. The van der Waals surface area contributed by atoms with Crippen LogP contribution in [-0.4, -0.2) is 21.1 Å². The first-order chi connectivity index (χ1) is 12.0. The molecule has 0 spiro atoms. The number of fused-ring (bicyclic) bond motifs is 1. The molecule has 6 nitrogen and oxygen atoms in total. The van der Waals surface area contributed by atoms with Crippen LogP contribution in [0.15, 0.2) is 28.6 Å². The van der Waals surface area contributed by atoms with Crippen LogP contribution in [0.1, 0.15) is 37.7 Å². The van der Waals surface area contributed by atoms with Crippen molar-refractivity contribution < 1.29 is 4.79 Å². The third kappa shape index (κ3) is 3.36. The number of amides is 1. The fraction of sp³-hybridized carbons (Fsp3) is 0.421. The van der Waals surface area contributed by atoms with Gasteiger partial charge in [-0.1, -0.05) is 25.3 Å². The SMILES string of the molecule is Cn1c(=O)n(C)c2cc(/C=C(/C#N)C(=O)NC3CCCCC3)ccc21. The molecule has 1 heterocycles. The first-order valence-corrected chi connectivity index (χ1v) is 8.59. The zero-order chi connectivity index (χ0) is 18.0. The number of aromatic nitrogens is 2. The smallest absolute Gasteiger partial charge is 0.328 e. The number of rotatable bonds is 3. The van der Waals surface area contributed by atoms with Crippen LogP contribution in [-0.2, 0) is 18.9 Å². The van der Waals surface area contributed by atoms with E-state index in [4.69, 9.17) is 0 Å². The average molecular weight is 338 g/mol. The number of nitrogens with one attached hydrogen (secondary N) is 1. The summed E-state index contributed by atoms with van der Waals surface area (Å²) in [6, 6.07) is 7.62. The molecule has 1 aromatic carbocycles. The van der Waals surface area contributed by atoms with E-state index in [9.17, 15) is 14.9 Å². The number of aryl methyl sites for hydroxylation is 2. The Hall–Kier alpha value is -2.81. The standard InChI is InChI=1S/C19H22N4O2/c1-22-16-9-8-13(11-17(16)23(2)19(22)25)10-14(12-20)18(24)21-15-6-4-3-5-7-15/h8-11,15H,3-7H2,1-2H3,(H,21,24)/b14-10-. The molecule has 1 aliphatic carbocycles. The predicted octanol–water partition coefficient (Wildman–Crippen LogP) is 2.23. The quantitative estimate of drug-likeness (QED) is 0.688. The number of imidazole rings is 1. The van der Waals surface area contributed by atoms with E-state index in [1.807, 2.05) is 24.3 Å². The molecule has 0 unspecified atom stereocenters. The summed E-state index contributed by atoms with van der Waals surface area (Å²) in [4.78, 5) is 24.4. The van der Waals surface area contributed by atoms with Crippen molar-refractivity contribution in [3.8, 4) is 6.07 Å². The summed E-state index contributed by atoms with van der Waals surface area (Å²) < 4.78 is 3.13. The van der Waals surface area contributed by atoms with Crippen molar-refractivity contribution in [1.29, 1.82) is 5.26 Å². The van der Waals surface area contributed by atoms with Gasteiger partial charge in [-0.05, 0) is 36.6 Å². The molecule has 130 valence electrons. The van der Waals surface area contributed by atoms with Gasteiger partial charge in [0.05, 0.1) is 11.0 Å². The minimum atomic E-state index is -0.323. The molecular weight excluding hydrogens is 316 g/mol. The van der Waals surface area contributed by atoms with Crippen LogP contribution in [0.2, 0.25) is 0 Å². The van der Waals surface area contributed by atoms with Gasteiger partial charge in [-0.25, -0.2) is 4.79 Å². The Morgan fingerprint density at radius 3 is 2.56 bits per heavy atom. The highest BCUT2D eigenvalue weighted by atomic mass is 16.2. The number of hydrogen-bond acceptors (Lipinski definition) is 3. The van der Waals surface area contributed by atoms with Crippen molar-refractivity contribution in [2.45, 2.75) is 38.1 Å². The number of nitriles is 1. The molecule has 6 heteroatoms. The monoisotopic (exact) mass is 338 g/mol. The van der Waals surface area contributed by atoms with Gasteiger partial charge in [-0.3, -0.25) is 13.9 Å². The highest BCUT2D eigenvalue weighted by molar-refractivity contribution is 6.02. The van der Waals surface area contributed by atoms with Crippen molar-refractivity contribution >= 4 is 23.0 Å². The van der Waals surface area contributed by atoms with E-state index >= 15 is 0 Å². The number of nitrogens with zero attached hydrogens (tertiary/aromatic N) is 3. The van der Waals surface area contributed by atoms with Crippen LogP contribution in [0.25, 0.3) is 17.1 Å². The van der Waals surface area contributed by atoms with Crippen molar-refractivity contribution in [3.05, 3.63) is 39.8 Å². The molecule has 3 rings (SSSR count). The minimum absolute atomic E-state index is 0.0888. The molecule has 1 aromatic heterocycles. The van der Waals surface area contributed by atoms with Crippen LogP contribution in [0.5, 0.6) is 0 Å². The van der Waals surface area contributed by atoms with Crippen LogP contribution in [0.4, 0.5) is 0 Å². The molecule has 1 N–H and O–H groups in total. The summed E-state index contributed by atoms with van der Waals surface area (Å²) in [5, 5.41) is 12.3. The van der Waals surface area contributed by atoms with Crippen molar-refractivity contribution in [2.24, 2.45) is 14.1 Å². The lowest BCUT2D eigenvalue weighted by molar-refractivity contribution is -0.117. The zero-order valence-electron chi connectivity index (χ0n) is 14.6. The van der Waals surface area contributed by atoms with E-state index in [0.717, 1.165) is 42.3 Å². The fourth-order valence-electron chi connectivity index (χ4n) is 3.44. The van der Waals surface area contributed by atoms with E-state index in [-0.39, 0.29) is 23.2 Å². The Morgan fingerprint density at radius 2 is 1.88 bits per heavy atom. The maximum absolute atomic E-state index is 12.4. The van der Waals surface area contributed by atoms with E-state index in [2.05, 4.69) is 5.32 Å². The van der Waals surface area contributed by atoms with Gasteiger partial charge in [0.1, 0.15) is 11.6 Å². The minimum Gasteiger partial charge on any atom is -0.349 e. The Labute approximate surface area is 146 Å². The van der Waals surface area contributed by atoms with E-state index in [0.29, 0.717) is 0 Å². The van der Waals surface area contributed by atoms with Crippen molar-refractivity contribution in [3.63, 3.8) is 0 Å². The molecule has 1 amide bonds. The van der Waals surface area contributed by atoms with E-state index in [1.165, 1.54) is 6.42 Å². The molecule has 0 atom stereocenters. The number of carbonyl (C=O) groups is 1. The third-order valence-corrected chi connectivity index (χ3v) is 4.91. The first kappa shape index (κ1) is 17.0. The largest absolute Gasteiger partial charge is 0.349 e. The maximum Gasteiger partial charge on any atom is 0.328 e. The Balaban J connectivity index is 1.87. The third-order valence-electron chi connectivity index (χ3n) is 4.91. The molecule has 1 saturated carbocycles. The fourth-order valence-corrected chi connectivity index (χ4v) is 3.44. The van der Waals surface area contributed by atoms with E-state index < -0.39 is 0 Å². The first-order valence-electron chi connectivity index (χ1n) is 8.59. The Morgan fingerprint density at radius 1 is 1.20 bits per heavy atom. The van der Waals surface area contributed by atoms with Gasteiger partial charge >= 0.3 is 5.69 Å². The van der Waals surface area contributed by atoms with Gasteiger partial charge in [0, 0.05) is 20.1 Å². The van der Waals surface area contributed by atoms with Gasteiger partial charge in [0.15, 0.2) is 0 Å². The topological polar surface area (TPSA) is 79.8 Å². The van der Waals surface area contributed by atoms with Crippen LogP contribution in [0, 0.1) is 11.3 Å². The number of hydrogen-bond donors (Lipinski definition) is 1. The van der Waals surface area contributed by atoms with Gasteiger partial charge in [-0.15, -0.1) is 0 Å². The van der Waals surface area contributed by atoms with Gasteiger partial charge in [0.25, 0.3) is 5.91 Å². The van der Waals surface area contributed by atoms with Gasteiger partial charge in [-0.2, -0.15) is 5.26 Å². The van der Waals surface area contributed by atoms with Crippen molar-refractivity contribution in [1.82, 2.24) is 14.5 Å². The summed E-state index contributed by atoms with van der Waals surface area (Å²) in [5.41, 5.74) is 2.29. The average Bonchev–Trinajstić information content (AvgIpc) is 2.84. The molecule has 0 aliphatic heterocycles. The normalized spacial score (nSPS) is 16.0. The van der Waals surface area contributed by atoms with Gasteiger partial charge < -0.3 is 5.32 Å². The summed E-state index contributed by atoms with van der Waals surface area (Å²) >= 11 is 0. The molecule has 1 aliphatic rings. The molecule has 0 saturated heterocycles. The number of carbonyl (C=O) groups excluding carboxylic acids is 1. The second-order valence-electron chi connectivity index (χ2n) is 6.63. The highest BCUT2D eigenvalue weighted by Crippen LogP contribution is 2.19. The van der Waals surface area contributed by atoms with Crippen LogP contribution >= 0.6 is 0 Å². The number of benzene rings is 1. The van der Waals surface area contributed by atoms with E-state index in [1.54, 1.807) is 29.3 Å². The summed E-state index contributed by atoms with van der Waals surface area (Å²) in [5.74, 6) is -0.323. The Bertz CT molecular complexity index is 937. The second-order valence-corrected chi connectivity index (χ2v) is 6.63. The molecule has 0 bridgehead atoms. The molecule has 25 heavy (non-hydrogen) atoms.